The van der Waals surface area contributed by atoms with E-state index in [1.165, 1.54) is 0 Å². The molecule has 13 heavy (non-hydrogen) atoms. The van der Waals surface area contributed by atoms with Gasteiger partial charge in [-0.25, -0.2) is 0 Å². The summed E-state index contributed by atoms with van der Waals surface area (Å²) in [7, 11) is -4.67. The van der Waals surface area contributed by atoms with E-state index in [0.29, 0.717) is 13.2 Å². The van der Waals surface area contributed by atoms with Crippen LogP contribution in [0.4, 0.5) is 0 Å². The van der Waals surface area contributed by atoms with Gasteiger partial charge < -0.3 is 6.16 Å². The fourth-order valence-corrected chi connectivity index (χ4v) is 0.235. The molecule has 0 aliphatic rings. The second kappa shape index (κ2) is 12.3. The van der Waals surface area contributed by atoms with Crippen LogP contribution in [0.1, 0.15) is 1.43 Å². The van der Waals surface area contributed by atoms with Crippen LogP contribution in [0, 0.1) is 0 Å². The van der Waals surface area contributed by atoms with E-state index in [9.17, 15) is 0 Å². The minimum Gasteiger partial charge on any atom is -1.00 e. The van der Waals surface area contributed by atoms with Crippen molar-refractivity contribution in [2.45, 2.75) is 0 Å². The zero-order chi connectivity index (χ0) is 10.0. The largest absolute Gasteiger partial charge is 1.00 e. The fourth-order valence-electron chi connectivity index (χ4n) is 0.235. The maximum absolute atomic E-state index is 8.74. The average molecular weight is 220 g/mol. The van der Waals surface area contributed by atoms with Crippen LogP contribution in [-0.4, -0.2) is 30.7 Å². The monoisotopic (exact) mass is 220 g/mol. The predicted octanol–water partition coefficient (Wildman–Crippen LogP) is -2.16. The van der Waals surface area contributed by atoms with Crippen molar-refractivity contribution < 1.29 is 53.2 Å². The molecule has 0 atom stereocenters. The molecular formula is C6H13NaO5S. The van der Waals surface area contributed by atoms with Crippen LogP contribution in [0.3, 0.4) is 0 Å². The van der Waals surface area contributed by atoms with E-state index in [2.05, 4.69) is 13.2 Å². The summed E-state index contributed by atoms with van der Waals surface area (Å²) >= 11 is 0. The molecule has 74 valence electrons. The van der Waals surface area contributed by atoms with Gasteiger partial charge in [0.1, 0.15) is 0 Å². The number of hydrogen-bond donors (Lipinski definition) is 2. The standard InChI is InChI=1S/C6H10O.Na.H2O4S.H/c1-3-5-7-6-4-2;;1-5(2,3)4;/h3-4H,1-2,5-6H2;;(H2,1,2,3,4);/q;+1;;-1. The minimum absolute atomic E-state index is 0. The Labute approximate surface area is 102 Å². The Morgan fingerprint density at radius 2 is 1.46 bits per heavy atom. The van der Waals surface area contributed by atoms with Gasteiger partial charge in [0.25, 0.3) is 0 Å². The van der Waals surface area contributed by atoms with Crippen molar-refractivity contribution in [2.24, 2.45) is 0 Å². The van der Waals surface area contributed by atoms with Gasteiger partial charge >= 0.3 is 40.0 Å². The molecule has 0 aliphatic heterocycles. The summed E-state index contributed by atoms with van der Waals surface area (Å²) in [6.07, 6.45) is 3.42. The molecule has 0 amide bonds. The molecule has 0 saturated carbocycles. The van der Waals surface area contributed by atoms with Gasteiger partial charge in [0.05, 0.1) is 13.2 Å². The van der Waals surface area contributed by atoms with Gasteiger partial charge in [0.2, 0.25) is 0 Å². The van der Waals surface area contributed by atoms with Crippen LogP contribution in [-0.2, 0) is 15.1 Å². The Balaban J connectivity index is -0.0000000651. The summed E-state index contributed by atoms with van der Waals surface area (Å²) in [6, 6.07) is 0. The molecule has 0 aromatic carbocycles. The molecule has 0 fully saturated rings. The number of hydrogen-bond acceptors (Lipinski definition) is 3. The van der Waals surface area contributed by atoms with Gasteiger partial charge in [-0.3, -0.25) is 9.11 Å². The minimum atomic E-state index is -4.67. The number of rotatable bonds is 4. The third-order valence-electron chi connectivity index (χ3n) is 0.471. The third-order valence-corrected chi connectivity index (χ3v) is 0.471. The Morgan fingerprint density at radius 1 is 1.23 bits per heavy atom. The van der Waals surface area contributed by atoms with Crippen molar-refractivity contribution in [3.05, 3.63) is 25.3 Å². The van der Waals surface area contributed by atoms with Crippen molar-refractivity contribution >= 4 is 10.4 Å². The topological polar surface area (TPSA) is 83.8 Å². The van der Waals surface area contributed by atoms with E-state index in [-0.39, 0.29) is 31.0 Å². The molecule has 7 heteroatoms. The molecule has 2 N–H and O–H groups in total. The molecular weight excluding hydrogens is 207 g/mol. The summed E-state index contributed by atoms with van der Waals surface area (Å²) in [4.78, 5) is 0. The van der Waals surface area contributed by atoms with Crippen LogP contribution >= 0.6 is 0 Å². The zero-order valence-corrected chi connectivity index (χ0v) is 10.3. The van der Waals surface area contributed by atoms with E-state index < -0.39 is 10.4 Å². The second-order valence-electron chi connectivity index (χ2n) is 1.56. The van der Waals surface area contributed by atoms with Crippen LogP contribution in [0.5, 0.6) is 0 Å². The first-order valence-corrected chi connectivity index (χ1v) is 4.31. The Morgan fingerprint density at radius 3 is 1.62 bits per heavy atom. The molecule has 0 aromatic rings. The molecule has 0 aromatic heterocycles. The van der Waals surface area contributed by atoms with E-state index in [1.807, 2.05) is 0 Å². The first kappa shape index (κ1) is 19.0. The van der Waals surface area contributed by atoms with Gasteiger partial charge in [-0.05, 0) is 0 Å². The van der Waals surface area contributed by atoms with Crippen LogP contribution in [0.2, 0.25) is 0 Å². The predicted molar refractivity (Wildman–Crippen MR) is 46.5 cm³/mol. The van der Waals surface area contributed by atoms with E-state index in [4.69, 9.17) is 22.3 Å². The van der Waals surface area contributed by atoms with Crippen LogP contribution in [0.25, 0.3) is 0 Å². The van der Waals surface area contributed by atoms with E-state index in [0.717, 1.165) is 0 Å². The van der Waals surface area contributed by atoms with Crippen LogP contribution < -0.4 is 29.6 Å². The fraction of sp³-hybridized carbons (Fsp3) is 0.333. The quantitative estimate of drug-likeness (QED) is 0.244. The van der Waals surface area contributed by atoms with Gasteiger partial charge in [0.15, 0.2) is 0 Å². The zero-order valence-electron chi connectivity index (χ0n) is 8.51. The van der Waals surface area contributed by atoms with Gasteiger partial charge in [-0.1, -0.05) is 12.2 Å². The third kappa shape index (κ3) is 70.4. The molecule has 0 aliphatic carbocycles. The first-order valence-electron chi connectivity index (χ1n) is 2.91. The summed E-state index contributed by atoms with van der Waals surface area (Å²) in [5.41, 5.74) is 0. The SMILES string of the molecule is C=CCOCC=C.O=S(=O)(O)O.[H-].[Na+]. The average Bonchev–Trinajstić information content (AvgIpc) is 1.85. The van der Waals surface area contributed by atoms with Crippen molar-refractivity contribution in [3.8, 4) is 0 Å². The molecule has 5 nitrogen and oxygen atoms in total. The smallest absolute Gasteiger partial charge is 1.00 e. The maximum atomic E-state index is 8.74. The van der Waals surface area contributed by atoms with Crippen molar-refractivity contribution in [3.63, 3.8) is 0 Å². The van der Waals surface area contributed by atoms with Crippen molar-refractivity contribution in [2.75, 3.05) is 13.2 Å². The first-order chi connectivity index (χ1) is 5.41. The molecule has 0 heterocycles. The Hall–Kier alpha value is 0.310. The van der Waals surface area contributed by atoms with E-state index in [1.54, 1.807) is 12.2 Å². The maximum Gasteiger partial charge on any atom is 1.00 e. The summed E-state index contributed by atoms with van der Waals surface area (Å²) < 4.78 is 36.5. The Bertz CT molecular complexity index is 200. The molecule has 0 bridgehead atoms. The van der Waals surface area contributed by atoms with Crippen LogP contribution in [0.15, 0.2) is 25.3 Å². The molecule has 0 saturated heterocycles. The van der Waals surface area contributed by atoms with E-state index >= 15 is 0 Å². The van der Waals surface area contributed by atoms with Crippen molar-refractivity contribution in [1.82, 2.24) is 0 Å². The molecule has 0 radical (unpaired) electrons. The Kier molecular flexibility index (Phi) is 18.0. The molecule has 0 unspecified atom stereocenters. The normalized spacial score (nSPS) is 8.77. The summed E-state index contributed by atoms with van der Waals surface area (Å²) in [5.74, 6) is 0. The summed E-state index contributed by atoms with van der Waals surface area (Å²) in [5, 5.41) is 0. The summed E-state index contributed by atoms with van der Waals surface area (Å²) in [6.45, 7) is 8.18. The van der Waals surface area contributed by atoms with Gasteiger partial charge in [-0.15, -0.1) is 13.2 Å². The van der Waals surface area contributed by atoms with Gasteiger partial charge in [-0.2, -0.15) is 8.42 Å². The molecule has 0 rings (SSSR count). The second-order valence-corrected chi connectivity index (χ2v) is 2.46. The van der Waals surface area contributed by atoms with Gasteiger partial charge in [0, 0.05) is 0 Å². The molecule has 0 spiro atoms. The number of ether oxygens (including phenoxy) is 1. The van der Waals surface area contributed by atoms with Crippen molar-refractivity contribution in [1.29, 1.82) is 0 Å².